The van der Waals surface area contributed by atoms with Crippen LogP contribution >= 0.6 is 0 Å². The van der Waals surface area contributed by atoms with Gasteiger partial charge in [0, 0.05) is 43.3 Å². The van der Waals surface area contributed by atoms with Crippen molar-refractivity contribution in [3.05, 3.63) is 77.5 Å². The molecule has 2 aromatic carbocycles. The number of hydrogen-bond acceptors (Lipinski definition) is 2. The van der Waals surface area contributed by atoms with Crippen molar-refractivity contribution in [3.8, 4) is 0 Å². The van der Waals surface area contributed by atoms with Crippen LogP contribution in [-0.2, 0) is 17.8 Å². The minimum absolute atomic E-state index is 0. The molecular formula is C26H39N3O. The molecule has 0 atom stereocenters. The highest BCUT2D eigenvalue weighted by Gasteiger charge is 2.05. The highest BCUT2D eigenvalue weighted by Crippen LogP contribution is 2.18. The molecule has 1 amide bonds. The molecule has 0 bridgehead atoms. The van der Waals surface area contributed by atoms with Crippen LogP contribution in [0.3, 0.4) is 0 Å². The third kappa shape index (κ3) is 7.88. The number of amides is 1. The Morgan fingerprint density at radius 2 is 1.73 bits per heavy atom. The standard InChI is InChI=1S/C22H25N3O.C2H6.2CH4/c1-23-22(26)12-11-17-7-9-18(10-8-17)16-25(2)14-13-19-15-24-21-6-4-3-5-20(19)21;1-2;;/h3-12,15,24H,13-14,16H2,1-2H3,(H,23,26);1-2H3;2*1H4/b12-11+;;;. The van der Waals surface area contributed by atoms with Gasteiger partial charge < -0.3 is 15.2 Å². The van der Waals surface area contributed by atoms with Gasteiger partial charge in [0.1, 0.15) is 0 Å². The lowest BCUT2D eigenvalue weighted by Crippen LogP contribution is -2.20. The molecule has 0 spiro atoms. The molecule has 164 valence electrons. The van der Waals surface area contributed by atoms with Crippen molar-refractivity contribution in [1.82, 2.24) is 15.2 Å². The molecule has 0 aliphatic rings. The van der Waals surface area contributed by atoms with Crippen molar-refractivity contribution >= 4 is 22.9 Å². The van der Waals surface area contributed by atoms with Crippen molar-refractivity contribution in [2.24, 2.45) is 0 Å². The van der Waals surface area contributed by atoms with Crippen LogP contribution in [0, 0.1) is 0 Å². The van der Waals surface area contributed by atoms with Gasteiger partial charge in [0.15, 0.2) is 0 Å². The van der Waals surface area contributed by atoms with E-state index in [2.05, 4.69) is 64.8 Å². The Bertz CT molecular complexity index is 894. The van der Waals surface area contributed by atoms with Gasteiger partial charge >= 0.3 is 0 Å². The molecule has 0 unspecified atom stereocenters. The number of H-pyrrole nitrogens is 1. The lowest BCUT2D eigenvalue weighted by atomic mass is 10.1. The summed E-state index contributed by atoms with van der Waals surface area (Å²) in [6.07, 6.45) is 6.51. The number of aromatic amines is 1. The fourth-order valence-electron chi connectivity index (χ4n) is 3.03. The molecule has 0 saturated carbocycles. The van der Waals surface area contributed by atoms with Gasteiger partial charge in [-0.15, -0.1) is 0 Å². The number of carbonyl (C=O) groups is 1. The molecule has 4 nitrogen and oxygen atoms in total. The minimum atomic E-state index is -0.0916. The van der Waals surface area contributed by atoms with E-state index in [9.17, 15) is 4.79 Å². The lowest BCUT2D eigenvalue weighted by Gasteiger charge is -2.16. The summed E-state index contributed by atoms with van der Waals surface area (Å²) < 4.78 is 0. The number of fused-ring (bicyclic) bond motifs is 1. The largest absolute Gasteiger partial charge is 0.361 e. The summed E-state index contributed by atoms with van der Waals surface area (Å²) in [5.74, 6) is -0.0916. The number of rotatable bonds is 7. The van der Waals surface area contributed by atoms with E-state index >= 15 is 0 Å². The van der Waals surface area contributed by atoms with Gasteiger partial charge in [-0.05, 0) is 42.3 Å². The molecule has 2 N–H and O–H groups in total. The SMILES string of the molecule is C.C.CC.CNC(=O)/C=C/c1ccc(CN(C)CCc2c[nH]c3ccccc23)cc1. The van der Waals surface area contributed by atoms with Gasteiger partial charge in [0.05, 0.1) is 0 Å². The van der Waals surface area contributed by atoms with Gasteiger partial charge in [0.25, 0.3) is 0 Å². The third-order valence-electron chi connectivity index (χ3n) is 4.54. The predicted octanol–water partition coefficient (Wildman–Crippen LogP) is 5.90. The first-order chi connectivity index (χ1) is 13.7. The Morgan fingerprint density at radius 3 is 2.40 bits per heavy atom. The second-order valence-electron chi connectivity index (χ2n) is 6.54. The average molecular weight is 410 g/mol. The smallest absolute Gasteiger partial charge is 0.243 e. The van der Waals surface area contributed by atoms with Crippen molar-refractivity contribution in [3.63, 3.8) is 0 Å². The minimum Gasteiger partial charge on any atom is -0.361 e. The van der Waals surface area contributed by atoms with E-state index in [0.717, 1.165) is 25.1 Å². The molecule has 0 saturated heterocycles. The molecule has 3 aromatic rings. The number of benzene rings is 2. The Hall–Kier alpha value is -2.85. The second kappa shape index (κ2) is 14.2. The maximum atomic E-state index is 11.2. The van der Waals surface area contributed by atoms with Gasteiger partial charge in [-0.2, -0.15) is 0 Å². The Kier molecular flexibility index (Phi) is 12.8. The van der Waals surface area contributed by atoms with Crippen molar-refractivity contribution < 1.29 is 4.79 Å². The summed E-state index contributed by atoms with van der Waals surface area (Å²) in [5, 5.41) is 3.89. The molecule has 1 heterocycles. The first-order valence-electron chi connectivity index (χ1n) is 9.88. The number of aromatic nitrogens is 1. The summed E-state index contributed by atoms with van der Waals surface area (Å²) in [7, 11) is 3.77. The molecule has 0 aliphatic heterocycles. The summed E-state index contributed by atoms with van der Waals surface area (Å²) in [6.45, 7) is 5.90. The number of para-hydroxylation sites is 1. The molecule has 1 aromatic heterocycles. The van der Waals surface area contributed by atoms with Gasteiger partial charge in [-0.3, -0.25) is 4.79 Å². The number of likely N-dealkylation sites (N-methyl/N-ethyl adjacent to an activating group) is 2. The highest BCUT2D eigenvalue weighted by atomic mass is 16.1. The molecule has 0 aliphatic carbocycles. The predicted molar refractivity (Wildman–Crippen MR) is 133 cm³/mol. The van der Waals surface area contributed by atoms with Gasteiger partial charge in [0.2, 0.25) is 5.91 Å². The molecule has 30 heavy (non-hydrogen) atoms. The maximum absolute atomic E-state index is 11.2. The van der Waals surface area contributed by atoms with E-state index in [0.29, 0.717) is 0 Å². The van der Waals surface area contributed by atoms with Crippen molar-refractivity contribution in [2.45, 2.75) is 41.7 Å². The summed E-state index contributed by atoms with van der Waals surface area (Å²) in [4.78, 5) is 16.9. The lowest BCUT2D eigenvalue weighted by molar-refractivity contribution is -0.115. The monoisotopic (exact) mass is 409 g/mol. The maximum Gasteiger partial charge on any atom is 0.243 e. The van der Waals surface area contributed by atoms with E-state index in [1.165, 1.54) is 22.0 Å². The van der Waals surface area contributed by atoms with Crippen LogP contribution < -0.4 is 5.32 Å². The normalized spacial score (nSPS) is 10.2. The number of carbonyl (C=O) groups excluding carboxylic acids is 1. The van der Waals surface area contributed by atoms with E-state index in [1.54, 1.807) is 13.1 Å². The summed E-state index contributed by atoms with van der Waals surface area (Å²) in [6, 6.07) is 16.8. The Balaban J connectivity index is 0.00000204. The van der Waals surface area contributed by atoms with Crippen LogP contribution in [-0.4, -0.2) is 36.4 Å². The average Bonchev–Trinajstić information content (AvgIpc) is 3.16. The third-order valence-corrected chi connectivity index (χ3v) is 4.54. The summed E-state index contributed by atoms with van der Waals surface area (Å²) in [5.41, 5.74) is 4.86. The zero-order chi connectivity index (χ0) is 20.4. The van der Waals surface area contributed by atoms with E-state index in [-0.39, 0.29) is 20.8 Å². The van der Waals surface area contributed by atoms with E-state index < -0.39 is 0 Å². The van der Waals surface area contributed by atoms with Crippen molar-refractivity contribution in [2.75, 3.05) is 20.6 Å². The first-order valence-corrected chi connectivity index (χ1v) is 9.88. The van der Waals surface area contributed by atoms with Crippen LogP contribution in [0.1, 0.15) is 45.4 Å². The number of nitrogens with one attached hydrogen (secondary N) is 2. The highest BCUT2D eigenvalue weighted by molar-refractivity contribution is 5.91. The van der Waals surface area contributed by atoms with Crippen LogP contribution in [0.2, 0.25) is 0 Å². The number of hydrogen-bond donors (Lipinski definition) is 2. The number of nitrogens with zero attached hydrogens (tertiary/aromatic N) is 1. The fraction of sp³-hybridized carbons (Fsp3) is 0.346. The van der Waals surface area contributed by atoms with Crippen LogP contribution in [0.25, 0.3) is 17.0 Å². The zero-order valence-corrected chi connectivity index (χ0v) is 17.3. The van der Waals surface area contributed by atoms with Crippen LogP contribution in [0.5, 0.6) is 0 Å². The van der Waals surface area contributed by atoms with Crippen molar-refractivity contribution in [1.29, 1.82) is 0 Å². The second-order valence-corrected chi connectivity index (χ2v) is 6.54. The van der Waals surface area contributed by atoms with E-state index in [4.69, 9.17) is 0 Å². The molecular weight excluding hydrogens is 370 g/mol. The Morgan fingerprint density at radius 1 is 1.07 bits per heavy atom. The topological polar surface area (TPSA) is 48.1 Å². The van der Waals surface area contributed by atoms with Crippen LogP contribution in [0.4, 0.5) is 0 Å². The zero-order valence-electron chi connectivity index (χ0n) is 17.3. The quantitative estimate of drug-likeness (QED) is 0.477. The first kappa shape index (κ1) is 27.2. The summed E-state index contributed by atoms with van der Waals surface area (Å²) >= 11 is 0. The van der Waals surface area contributed by atoms with Gasteiger partial charge in [-0.25, -0.2) is 0 Å². The molecule has 0 fully saturated rings. The Labute approximate surface area is 183 Å². The van der Waals surface area contributed by atoms with E-state index in [1.807, 2.05) is 32.1 Å². The fourth-order valence-corrected chi connectivity index (χ4v) is 3.03. The van der Waals surface area contributed by atoms with Crippen LogP contribution in [0.15, 0.2) is 60.8 Å². The van der Waals surface area contributed by atoms with Gasteiger partial charge in [-0.1, -0.05) is 71.2 Å². The molecule has 0 radical (unpaired) electrons. The molecule has 3 rings (SSSR count). The molecule has 4 heteroatoms.